The van der Waals surface area contributed by atoms with Crippen molar-refractivity contribution in [3.05, 3.63) is 63.7 Å². The third-order valence-electron chi connectivity index (χ3n) is 3.20. The number of non-ortho nitro benzene ring substituents is 1. The molecule has 8 heteroatoms. The van der Waals surface area contributed by atoms with Gasteiger partial charge in [-0.1, -0.05) is 12.1 Å². The highest BCUT2D eigenvalue weighted by atomic mass is 16.6. The predicted octanol–water partition coefficient (Wildman–Crippen LogP) is 2.77. The van der Waals surface area contributed by atoms with E-state index in [1.54, 1.807) is 18.2 Å². The molecule has 2 rings (SSSR count). The van der Waals surface area contributed by atoms with Crippen LogP contribution >= 0.6 is 0 Å². The van der Waals surface area contributed by atoms with E-state index in [-0.39, 0.29) is 11.3 Å². The molecule has 1 amide bonds. The lowest BCUT2D eigenvalue weighted by atomic mass is 10.2. The molecule has 0 saturated heterocycles. The Morgan fingerprint density at radius 3 is 2.76 bits per heavy atom. The van der Waals surface area contributed by atoms with Crippen LogP contribution in [0, 0.1) is 10.1 Å². The fourth-order valence-electron chi connectivity index (χ4n) is 2.11. The Morgan fingerprint density at radius 1 is 1.32 bits per heavy atom. The summed E-state index contributed by atoms with van der Waals surface area (Å²) in [5, 5.41) is 14.6. The molecule has 0 aliphatic carbocycles. The molecule has 0 saturated carbocycles. The Morgan fingerprint density at radius 2 is 2.08 bits per heavy atom. The van der Waals surface area contributed by atoms with Crippen LogP contribution in [0.5, 0.6) is 11.5 Å². The van der Waals surface area contributed by atoms with Gasteiger partial charge in [-0.3, -0.25) is 14.9 Å². The van der Waals surface area contributed by atoms with Crippen molar-refractivity contribution in [2.24, 2.45) is 5.10 Å². The fourth-order valence-corrected chi connectivity index (χ4v) is 2.11. The SMILES string of the molecule is CCOc1cccc(/C=N/NC(=O)c2cccc([N+](=O)[O-])c2)c1OC. The van der Waals surface area contributed by atoms with Crippen LogP contribution in [0.25, 0.3) is 0 Å². The van der Waals surface area contributed by atoms with E-state index in [0.717, 1.165) is 0 Å². The van der Waals surface area contributed by atoms with E-state index in [4.69, 9.17) is 9.47 Å². The number of nitro benzene ring substituents is 1. The molecule has 0 heterocycles. The maximum atomic E-state index is 12.0. The van der Waals surface area contributed by atoms with Crippen LogP contribution in [0.15, 0.2) is 47.6 Å². The number of carbonyl (C=O) groups is 1. The number of amides is 1. The summed E-state index contributed by atoms with van der Waals surface area (Å²) in [5.74, 6) is 0.511. The lowest BCUT2D eigenvalue weighted by Gasteiger charge is -2.11. The molecule has 0 unspecified atom stereocenters. The number of nitro groups is 1. The molecule has 25 heavy (non-hydrogen) atoms. The highest BCUT2D eigenvalue weighted by Gasteiger charge is 2.11. The van der Waals surface area contributed by atoms with Crippen LogP contribution in [-0.4, -0.2) is 30.8 Å². The second kappa shape index (κ2) is 8.44. The van der Waals surface area contributed by atoms with E-state index < -0.39 is 10.8 Å². The van der Waals surface area contributed by atoms with E-state index in [0.29, 0.717) is 23.7 Å². The Bertz CT molecular complexity index is 805. The number of ether oxygens (including phenoxy) is 2. The Kier molecular flexibility index (Phi) is 6.05. The number of methoxy groups -OCH3 is 1. The molecular formula is C17H17N3O5. The Hall–Kier alpha value is -3.42. The first-order valence-electron chi connectivity index (χ1n) is 7.44. The normalized spacial score (nSPS) is 10.5. The third kappa shape index (κ3) is 4.54. The molecule has 0 spiro atoms. The van der Waals surface area contributed by atoms with Gasteiger partial charge in [-0.25, -0.2) is 5.43 Å². The first kappa shape index (κ1) is 17.9. The van der Waals surface area contributed by atoms with Gasteiger partial charge in [0, 0.05) is 23.3 Å². The summed E-state index contributed by atoms with van der Waals surface area (Å²) in [6.45, 7) is 2.35. The molecule has 2 aromatic carbocycles. The van der Waals surface area contributed by atoms with Crippen molar-refractivity contribution >= 4 is 17.8 Å². The van der Waals surface area contributed by atoms with E-state index in [2.05, 4.69) is 10.5 Å². The van der Waals surface area contributed by atoms with E-state index >= 15 is 0 Å². The van der Waals surface area contributed by atoms with Crippen molar-refractivity contribution in [2.75, 3.05) is 13.7 Å². The molecule has 0 fully saturated rings. The summed E-state index contributed by atoms with van der Waals surface area (Å²) in [4.78, 5) is 22.2. The minimum absolute atomic E-state index is 0.140. The number of carbonyl (C=O) groups excluding carboxylic acids is 1. The molecular weight excluding hydrogens is 326 g/mol. The van der Waals surface area contributed by atoms with Crippen molar-refractivity contribution < 1.29 is 19.2 Å². The predicted molar refractivity (Wildman–Crippen MR) is 92.3 cm³/mol. The number of benzene rings is 2. The van der Waals surface area contributed by atoms with Gasteiger partial charge < -0.3 is 9.47 Å². The minimum atomic E-state index is -0.565. The molecule has 0 bridgehead atoms. The van der Waals surface area contributed by atoms with Crippen molar-refractivity contribution in [3.8, 4) is 11.5 Å². The monoisotopic (exact) mass is 343 g/mol. The summed E-state index contributed by atoms with van der Waals surface area (Å²) in [6.07, 6.45) is 1.41. The molecule has 0 radical (unpaired) electrons. The molecule has 2 aromatic rings. The zero-order valence-corrected chi connectivity index (χ0v) is 13.8. The topological polar surface area (TPSA) is 103 Å². The quantitative estimate of drug-likeness (QED) is 0.473. The first-order chi connectivity index (χ1) is 12.1. The molecule has 0 aliphatic rings. The zero-order valence-electron chi connectivity index (χ0n) is 13.8. The van der Waals surface area contributed by atoms with Gasteiger partial charge in [0.25, 0.3) is 11.6 Å². The number of rotatable bonds is 7. The maximum Gasteiger partial charge on any atom is 0.271 e. The van der Waals surface area contributed by atoms with Gasteiger partial charge in [0.15, 0.2) is 11.5 Å². The largest absolute Gasteiger partial charge is 0.492 e. The van der Waals surface area contributed by atoms with Crippen LogP contribution in [0.4, 0.5) is 5.69 Å². The standard InChI is InChI=1S/C17H17N3O5/c1-3-25-15-9-5-7-13(16(15)24-2)11-18-19-17(21)12-6-4-8-14(10-12)20(22)23/h4-11H,3H2,1-2H3,(H,19,21)/b18-11+. The summed E-state index contributed by atoms with van der Waals surface area (Å²) in [5.41, 5.74) is 2.92. The smallest absolute Gasteiger partial charge is 0.271 e. The highest BCUT2D eigenvalue weighted by molar-refractivity contribution is 5.95. The van der Waals surface area contributed by atoms with E-state index in [9.17, 15) is 14.9 Å². The van der Waals surface area contributed by atoms with Gasteiger partial charge in [-0.05, 0) is 25.1 Å². The summed E-state index contributed by atoms with van der Waals surface area (Å²) < 4.78 is 10.8. The molecule has 0 aliphatic heterocycles. The summed E-state index contributed by atoms with van der Waals surface area (Å²) in [7, 11) is 1.51. The lowest BCUT2D eigenvalue weighted by Crippen LogP contribution is -2.17. The Balaban J connectivity index is 2.13. The molecule has 8 nitrogen and oxygen atoms in total. The molecule has 0 aromatic heterocycles. The van der Waals surface area contributed by atoms with Gasteiger partial charge in [0.05, 0.1) is 24.9 Å². The van der Waals surface area contributed by atoms with Crippen molar-refractivity contribution in [3.63, 3.8) is 0 Å². The van der Waals surface area contributed by atoms with Crippen LogP contribution in [0.3, 0.4) is 0 Å². The number of hydrogen-bond donors (Lipinski definition) is 1. The van der Waals surface area contributed by atoms with E-state index in [1.165, 1.54) is 37.6 Å². The molecule has 1 N–H and O–H groups in total. The van der Waals surface area contributed by atoms with Crippen LogP contribution in [0.2, 0.25) is 0 Å². The van der Waals surface area contributed by atoms with Gasteiger partial charge in [-0.2, -0.15) is 5.10 Å². The minimum Gasteiger partial charge on any atom is -0.492 e. The van der Waals surface area contributed by atoms with Crippen molar-refractivity contribution in [1.82, 2.24) is 5.43 Å². The van der Waals surface area contributed by atoms with E-state index in [1.807, 2.05) is 6.92 Å². The van der Waals surface area contributed by atoms with Gasteiger partial charge in [0.1, 0.15) is 0 Å². The van der Waals surface area contributed by atoms with Crippen LogP contribution in [0.1, 0.15) is 22.8 Å². The van der Waals surface area contributed by atoms with Crippen molar-refractivity contribution in [1.29, 1.82) is 0 Å². The maximum absolute atomic E-state index is 12.0. The fraction of sp³-hybridized carbons (Fsp3) is 0.176. The molecule has 0 atom stereocenters. The summed E-state index contributed by atoms with van der Waals surface area (Å²) in [6, 6.07) is 10.7. The van der Waals surface area contributed by atoms with Crippen LogP contribution < -0.4 is 14.9 Å². The second-order valence-electron chi connectivity index (χ2n) is 4.82. The highest BCUT2D eigenvalue weighted by Crippen LogP contribution is 2.29. The zero-order chi connectivity index (χ0) is 18.2. The number of nitrogens with one attached hydrogen (secondary N) is 1. The van der Waals surface area contributed by atoms with Crippen LogP contribution in [-0.2, 0) is 0 Å². The number of hydrazone groups is 1. The number of nitrogens with zero attached hydrogens (tertiary/aromatic N) is 2. The molecule has 130 valence electrons. The first-order valence-corrected chi connectivity index (χ1v) is 7.44. The number of hydrogen-bond acceptors (Lipinski definition) is 6. The lowest BCUT2D eigenvalue weighted by molar-refractivity contribution is -0.384. The van der Waals surface area contributed by atoms with Gasteiger partial charge >= 0.3 is 0 Å². The number of para-hydroxylation sites is 1. The van der Waals surface area contributed by atoms with Crippen molar-refractivity contribution in [2.45, 2.75) is 6.92 Å². The second-order valence-corrected chi connectivity index (χ2v) is 4.82. The average Bonchev–Trinajstić information content (AvgIpc) is 2.62. The average molecular weight is 343 g/mol. The third-order valence-corrected chi connectivity index (χ3v) is 3.20. The van der Waals surface area contributed by atoms with Gasteiger partial charge in [0.2, 0.25) is 0 Å². The Labute approximate surface area is 144 Å². The van der Waals surface area contributed by atoms with Gasteiger partial charge in [-0.15, -0.1) is 0 Å². The summed E-state index contributed by atoms with van der Waals surface area (Å²) >= 11 is 0.